The van der Waals surface area contributed by atoms with E-state index in [0.29, 0.717) is 11.3 Å². The number of aldehydes is 1. The van der Waals surface area contributed by atoms with Crippen LogP contribution in [0.5, 0.6) is 11.5 Å². The number of carbonyl (C=O) groups excluding carboxylic acids is 1. The molecule has 0 aliphatic heterocycles. The average molecular weight is 249 g/mol. The third-order valence-corrected chi connectivity index (χ3v) is 2.84. The highest BCUT2D eigenvalue weighted by Crippen LogP contribution is 2.25. The molecule has 0 N–H and O–H groups in total. The van der Waals surface area contributed by atoms with E-state index in [4.69, 9.17) is 4.74 Å². The molecular formula is C16H11NO2. The van der Waals surface area contributed by atoms with Crippen LogP contribution in [-0.2, 0) is 0 Å². The van der Waals surface area contributed by atoms with E-state index >= 15 is 0 Å². The number of hydrogen-bond acceptors (Lipinski definition) is 3. The molecular weight excluding hydrogens is 238 g/mol. The van der Waals surface area contributed by atoms with Gasteiger partial charge in [0.05, 0.1) is 11.7 Å². The van der Waals surface area contributed by atoms with Crippen LogP contribution in [0, 0.1) is 0 Å². The summed E-state index contributed by atoms with van der Waals surface area (Å²) in [6.45, 7) is 0. The Morgan fingerprint density at radius 3 is 2.58 bits per heavy atom. The summed E-state index contributed by atoms with van der Waals surface area (Å²) in [5.74, 6) is 1.36. The van der Waals surface area contributed by atoms with Gasteiger partial charge in [0.15, 0.2) is 6.29 Å². The van der Waals surface area contributed by atoms with Crippen molar-refractivity contribution in [2.24, 2.45) is 0 Å². The summed E-state index contributed by atoms with van der Waals surface area (Å²) in [5.41, 5.74) is 1.40. The second-order valence-electron chi connectivity index (χ2n) is 4.12. The molecule has 2 aromatic carbocycles. The van der Waals surface area contributed by atoms with Crippen LogP contribution in [0.1, 0.15) is 10.4 Å². The van der Waals surface area contributed by atoms with E-state index < -0.39 is 0 Å². The number of aromatic nitrogens is 1. The van der Waals surface area contributed by atoms with Crippen LogP contribution in [-0.4, -0.2) is 11.3 Å². The second kappa shape index (κ2) is 4.90. The van der Waals surface area contributed by atoms with Crippen molar-refractivity contribution in [3.8, 4) is 11.5 Å². The van der Waals surface area contributed by atoms with Gasteiger partial charge in [-0.1, -0.05) is 30.3 Å². The molecule has 0 aliphatic carbocycles. The number of para-hydroxylation sites is 1. The fourth-order valence-corrected chi connectivity index (χ4v) is 1.94. The summed E-state index contributed by atoms with van der Waals surface area (Å²) in [6.07, 6.45) is 2.49. The van der Waals surface area contributed by atoms with Gasteiger partial charge in [-0.2, -0.15) is 0 Å². The van der Waals surface area contributed by atoms with Crippen LogP contribution in [0.4, 0.5) is 0 Å². The Morgan fingerprint density at radius 1 is 0.947 bits per heavy atom. The molecule has 0 atom stereocenters. The van der Waals surface area contributed by atoms with Crippen molar-refractivity contribution in [1.29, 1.82) is 0 Å². The first-order valence-corrected chi connectivity index (χ1v) is 5.94. The summed E-state index contributed by atoms with van der Waals surface area (Å²) in [7, 11) is 0. The van der Waals surface area contributed by atoms with E-state index in [1.807, 2.05) is 48.5 Å². The normalized spacial score (nSPS) is 10.3. The minimum atomic E-state index is 0.614. The molecule has 0 saturated carbocycles. The summed E-state index contributed by atoms with van der Waals surface area (Å²) in [6, 6.07) is 16.8. The molecule has 0 unspecified atom stereocenters. The summed E-state index contributed by atoms with van der Waals surface area (Å²) < 4.78 is 5.71. The van der Waals surface area contributed by atoms with E-state index in [1.165, 1.54) is 0 Å². The lowest BCUT2D eigenvalue weighted by molar-refractivity contribution is 0.112. The zero-order valence-electron chi connectivity index (χ0n) is 10.1. The maximum atomic E-state index is 11.0. The highest BCUT2D eigenvalue weighted by atomic mass is 16.5. The molecule has 0 bridgehead atoms. The van der Waals surface area contributed by atoms with Crippen molar-refractivity contribution < 1.29 is 9.53 Å². The van der Waals surface area contributed by atoms with Crippen LogP contribution in [0.2, 0.25) is 0 Å². The van der Waals surface area contributed by atoms with E-state index in [-0.39, 0.29) is 0 Å². The first-order chi connectivity index (χ1) is 9.36. The Kier molecular flexibility index (Phi) is 2.94. The van der Waals surface area contributed by atoms with Crippen LogP contribution >= 0.6 is 0 Å². The SMILES string of the molecule is O=Cc1cccc2ncc(Oc3ccccc3)cc12. The third-order valence-electron chi connectivity index (χ3n) is 2.84. The van der Waals surface area contributed by atoms with E-state index in [0.717, 1.165) is 22.9 Å². The number of rotatable bonds is 3. The Labute approximate surface area is 110 Å². The monoisotopic (exact) mass is 249 g/mol. The van der Waals surface area contributed by atoms with Gasteiger partial charge >= 0.3 is 0 Å². The van der Waals surface area contributed by atoms with Gasteiger partial charge in [-0.15, -0.1) is 0 Å². The first kappa shape index (κ1) is 11.4. The molecule has 0 amide bonds. The largest absolute Gasteiger partial charge is 0.456 e. The van der Waals surface area contributed by atoms with Crippen molar-refractivity contribution in [3.05, 3.63) is 66.4 Å². The quantitative estimate of drug-likeness (QED) is 0.662. The Bertz CT molecular complexity index is 723. The Hall–Kier alpha value is -2.68. The van der Waals surface area contributed by atoms with Gasteiger partial charge in [0.25, 0.3) is 0 Å². The van der Waals surface area contributed by atoms with Crippen LogP contribution in [0.25, 0.3) is 10.9 Å². The minimum absolute atomic E-state index is 0.614. The fraction of sp³-hybridized carbons (Fsp3) is 0. The number of benzene rings is 2. The molecule has 0 saturated heterocycles. The van der Waals surface area contributed by atoms with Gasteiger partial charge in [0, 0.05) is 10.9 Å². The smallest absolute Gasteiger partial charge is 0.150 e. The van der Waals surface area contributed by atoms with Gasteiger partial charge in [0.1, 0.15) is 11.5 Å². The number of pyridine rings is 1. The molecule has 0 fully saturated rings. The lowest BCUT2D eigenvalue weighted by Gasteiger charge is -2.07. The lowest BCUT2D eigenvalue weighted by atomic mass is 10.1. The third kappa shape index (κ3) is 2.31. The fourth-order valence-electron chi connectivity index (χ4n) is 1.94. The van der Waals surface area contributed by atoms with Crippen molar-refractivity contribution in [3.63, 3.8) is 0 Å². The predicted molar refractivity (Wildman–Crippen MR) is 73.6 cm³/mol. The van der Waals surface area contributed by atoms with Crippen molar-refractivity contribution in [2.75, 3.05) is 0 Å². The Morgan fingerprint density at radius 2 is 1.79 bits per heavy atom. The van der Waals surface area contributed by atoms with Crippen molar-refractivity contribution >= 4 is 17.2 Å². The molecule has 0 spiro atoms. The van der Waals surface area contributed by atoms with Gasteiger partial charge in [0.2, 0.25) is 0 Å². The predicted octanol–water partition coefficient (Wildman–Crippen LogP) is 3.84. The number of ether oxygens (including phenoxy) is 1. The number of fused-ring (bicyclic) bond motifs is 1. The summed E-state index contributed by atoms with van der Waals surface area (Å²) in [4.78, 5) is 15.3. The molecule has 3 rings (SSSR count). The van der Waals surface area contributed by atoms with E-state index in [9.17, 15) is 4.79 Å². The first-order valence-electron chi connectivity index (χ1n) is 5.94. The van der Waals surface area contributed by atoms with Gasteiger partial charge < -0.3 is 4.74 Å². The molecule has 0 radical (unpaired) electrons. The standard InChI is InChI=1S/C16H11NO2/c18-11-12-5-4-8-16-15(12)9-14(10-17-16)19-13-6-2-1-3-7-13/h1-11H. The zero-order valence-corrected chi connectivity index (χ0v) is 10.1. The van der Waals surface area contributed by atoms with Crippen molar-refractivity contribution in [2.45, 2.75) is 0 Å². The van der Waals surface area contributed by atoms with Crippen LogP contribution in [0.15, 0.2) is 60.8 Å². The zero-order chi connectivity index (χ0) is 13.1. The number of nitrogens with zero attached hydrogens (tertiary/aromatic N) is 1. The lowest BCUT2D eigenvalue weighted by Crippen LogP contribution is -1.89. The van der Waals surface area contributed by atoms with Gasteiger partial charge in [-0.3, -0.25) is 9.78 Å². The minimum Gasteiger partial charge on any atom is -0.456 e. The number of hydrogen-bond donors (Lipinski definition) is 0. The molecule has 3 aromatic rings. The number of carbonyl (C=O) groups is 1. The van der Waals surface area contributed by atoms with E-state index in [1.54, 1.807) is 12.3 Å². The van der Waals surface area contributed by atoms with Gasteiger partial charge in [-0.25, -0.2) is 0 Å². The molecule has 19 heavy (non-hydrogen) atoms. The van der Waals surface area contributed by atoms with Crippen molar-refractivity contribution in [1.82, 2.24) is 4.98 Å². The highest BCUT2D eigenvalue weighted by Gasteiger charge is 2.04. The Balaban J connectivity index is 2.04. The summed E-state index contributed by atoms with van der Waals surface area (Å²) >= 11 is 0. The van der Waals surface area contributed by atoms with Crippen LogP contribution < -0.4 is 4.74 Å². The molecule has 3 heteroatoms. The maximum absolute atomic E-state index is 11.0. The average Bonchev–Trinajstić information content (AvgIpc) is 2.47. The maximum Gasteiger partial charge on any atom is 0.150 e. The molecule has 3 nitrogen and oxygen atoms in total. The summed E-state index contributed by atoms with van der Waals surface area (Å²) in [5, 5.41) is 0.797. The molecule has 1 aromatic heterocycles. The van der Waals surface area contributed by atoms with Gasteiger partial charge in [-0.05, 0) is 24.3 Å². The topological polar surface area (TPSA) is 39.2 Å². The highest BCUT2D eigenvalue weighted by molar-refractivity contribution is 5.96. The second-order valence-corrected chi connectivity index (χ2v) is 4.12. The molecule has 1 heterocycles. The van der Waals surface area contributed by atoms with Crippen LogP contribution in [0.3, 0.4) is 0 Å². The van der Waals surface area contributed by atoms with E-state index in [2.05, 4.69) is 4.98 Å². The molecule has 0 aliphatic rings. The molecule has 92 valence electrons.